The lowest BCUT2D eigenvalue weighted by Crippen LogP contribution is -2.28. The van der Waals surface area contributed by atoms with E-state index in [1.165, 1.54) is 0 Å². The van der Waals surface area contributed by atoms with Crippen molar-refractivity contribution in [2.75, 3.05) is 5.33 Å². The van der Waals surface area contributed by atoms with E-state index in [2.05, 4.69) is 20.9 Å². The Morgan fingerprint density at radius 2 is 2.16 bits per heavy atom. The molecule has 0 atom stereocenters. The minimum absolute atomic E-state index is 0.349. The summed E-state index contributed by atoms with van der Waals surface area (Å²) >= 11 is 9.27. The van der Waals surface area contributed by atoms with Crippen molar-refractivity contribution >= 4 is 44.4 Å². The number of alkyl halides is 1. The third-order valence-electron chi connectivity index (χ3n) is 2.87. The Balaban J connectivity index is 2.22. The van der Waals surface area contributed by atoms with Gasteiger partial charge in [0.2, 0.25) is 0 Å². The predicted molar refractivity (Wildman–Crippen MR) is 81.2 cm³/mol. The lowest BCUT2D eigenvalue weighted by atomic mass is 10.1. The van der Waals surface area contributed by atoms with Gasteiger partial charge in [0.15, 0.2) is 0 Å². The third-order valence-corrected chi connectivity index (χ3v) is 3.50. The van der Waals surface area contributed by atoms with Crippen LogP contribution in [0.2, 0.25) is 5.02 Å². The zero-order valence-electron chi connectivity index (χ0n) is 10.8. The average Bonchev–Trinajstić information content (AvgIpc) is 2.71. The number of carbonyl (C=O) groups excluding carboxylic acids is 1. The highest BCUT2D eigenvalue weighted by molar-refractivity contribution is 9.09. The largest absolute Gasteiger partial charge is 0.455 e. The normalized spacial score (nSPS) is 11.8. The molecule has 0 unspecified atom stereocenters. The van der Waals surface area contributed by atoms with Crippen LogP contribution in [0, 0.1) is 0 Å². The Morgan fingerprint density at radius 3 is 2.84 bits per heavy atom. The van der Waals surface area contributed by atoms with Crippen LogP contribution < -0.4 is 0 Å². The maximum Gasteiger partial charge on any atom is 0.355 e. The lowest BCUT2D eigenvalue weighted by molar-refractivity contribution is -0.00234. The number of carbonyl (C=O) groups is 1. The first-order chi connectivity index (χ1) is 8.91. The quantitative estimate of drug-likeness (QED) is 0.653. The molecule has 1 aromatic carbocycles. The predicted octanol–water partition coefficient (Wildman–Crippen LogP) is 4.54. The van der Waals surface area contributed by atoms with Crippen LogP contribution in [0.5, 0.6) is 0 Å². The SMILES string of the molecule is CC(C)(CCBr)OC(=O)c1cc2cc(Cl)ccc2[nH]1. The highest BCUT2D eigenvalue weighted by atomic mass is 79.9. The molecule has 0 aliphatic heterocycles. The summed E-state index contributed by atoms with van der Waals surface area (Å²) in [6, 6.07) is 7.20. The molecule has 1 heterocycles. The molecule has 102 valence electrons. The molecule has 1 N–H and O–H groups in total. The summed E-state index contributed by atoms with van der Waals surface area (Å²) in [5.41, 5.74) is 0.824. The second-order valence-corrected chi connectivity index (χ2v) is 6.23. The Kier molecular flexibility index (Phi) is 4.21. The fourth-order valence-electron chi connectivity index (χ4n) is 1.80. The van der Waals surface area contributed by atoms with E-state index in [1.54, 1.807) is 12.1 Å². The lowest BCUT2D eigenvalue weighted by Gasteiger charge is -2.23. The van der Waals surface area contributed by atoms with Crippen LogP contribution in [0.25, 0.3) is 10.9 Å². The van der Waals surface area contributed by atoms with E-state index >= 15 is 0 Å². The van der Waals surface area contributed by atoms with Crippen LogP contribution in [-0.4, -0.2) is 21.9 Å². The standard InChI is InChI=1S/C14H15BrClNO2/c1-14(2,5-6-15)19-13(18)12-8-9-7-10(16)3-4-11(9)17-12/h3-4,7-8,17H,5-6H2,1-2H3. The van der Waals surface area contributed by atoms with Gasteiger partial charge in [-0.1, -0.05) is 27.5 Å². The van der Waals surface area contributed by atoms with Gasteiger partial charge in [-0.3, -0.25) is 0 Å². The fraction of sp³-hybridized carbons (Fsp3) is 0.357. The van der Waals surface area contributed by atoms with Gasteiger partial charge < -0.3 is 9.72 Å². The van der Waals surface area contributed by atoms with Crippen molar-refractivity contribution in [3.63, 3.8) is 0 Å². The number of nitrogens with one attached hydrogen (secondary N) is 1. The summed E-state index contributed by atoms with van der Waals surface area (Å²) in [6.45, 7) is 3.79. The van der Waals surface area contributed by atoms with E-state index in [4.69, 9.17) is 16.3 Å². The molecule has 0 amide bonds. The maximum atomic E-state index is 12.1. The van der Waals surface area contributed by atoms with Gasteiger partial charge in [-0.05, 0) is 44.5 Å². The molecule has 0 spiro atoms. The number of halogens is 2. The fourth-order valence-corrected chi connectivity index (χ4v) is 2.93. The number of benzene rings is 1. The summed E-state index contributed by atoms with van der Waals surface area (Å²) < 4.78 is 5.49. The Morgan fingerprint density at radius 1 is 1.42 bits per heavy atom. The first-order valence-corrected chi connectivity index (χ1v) is 7.49. The van der Waals surface area contributed by atoms with Crippen molar-refractivity contribution < 1.29 is 9.53 Å². The van der Waals surface area contributed by atoms with Crippen LogP contribution in [0.4, 0.5) is 0 Å². The molecule has 19 heavy (non-hydrogen) atoms. The third kappa shape index (κ3) is 3.51. The van der Waals surface area contributed by atoms with Crippen molar-refractivity contribution in [3.8, 4) is 0 Å². The smallest absolute Gasteiger partial charge is 0.355 e. The minimum atomic E-state index is -0.491. The molecule has 0 aliphatic carbocycles. The van der Waals surface area contributed by atoms with E-state index in [9.17, 15) is 4.79 Å². The zero-order valence-corrected chi connectivity index (χ0v) is 13.1. The second-order valence-electron chi connectivity index (χ2n) is 5.00. The molecule has 1 aromatic heterocycles. The number of esters is 1. The molecule has 2 aromatic rings. The van der Waals surface area contributed by atoms with Crippen molar-refractivity contribution in [1.82, 2.24) is 4.98 Å². The Labute approximate surface area is 125 Å². The van der Waals surface area contributed by atoms with E-state index < -0.39 is 5.60 Å². The molecule has 5 heteroatoms. The van der Waals surface area contributed by atoms with Crippen LogP contribution in [0.3, 0.4) is 0 Å². The zero-order chi connectivity index (χ0) is 14.0. The van der Waals surface area contributed by atoms with Crippen molar-refractivity contribution in [3.05, 3.63) is 35.0 Å². The molecule has 2 rings (SSSR count). The van der Waals surface area contributed by atoms with Gasteiger partial charge in [-0.2, -0.15) is 0 Å². The van der Waals surface area contributed by atoms with E-state index in [-0.39, 0.29) is 5.97 Å². The summed E-state index contributed by atoms with van der Waals surface area (Å²) in [5, 5.41) is 2.33. The highest BCUT2D eigenvalue weighted by Crippen LogP contribution is 2.23. The second kappa shape index (κ2) is 5.55. The molecular weight excluding hydrogens is 330 g/mol. The molecular formula is C14H15BrClNO2. The molecule has 0 saturated carbocycles. The first kappa shape index (κ1) is 14.4. The first-order valence-electron chi connectivity index (χ1n) is 5.99. The average molecular weight is 345 g/mol. The van der Waals surface area contributed by atoms with E-state index in [1.807, 2.05) is 26.0 Å². The number of hydrogen-bond acceptors (Lipinski definition) is 2. The number of H-pyrrole nitrogens is 1. The molecule has 3 nitrogen and oxygen atoms in total. The highest BCUT2D eigenvalue weighted by Gasteiger charge is 2.23. The Hall–Kier alpha value is -1.00. The number of hydrogen-bond donors (Lipinski definition) is 1. The van der Waals surface area contributed by atoms with Crippen LogP contribution in [0.1, 0.15) is 30.8 Å². The molecule has 0 bridgehead atoms. The number of ether oxygens (including phenoxy) is 1. The van der Waals surface area contributed by atoms with Crippen LogP contribution >= 0.6 is 27.5 Å². The summed E-state index contributed by atoms with van der Waals surface area (Å²) in [7, 11) is 0. The van der Waals surface area contributed by atoms with Gasteiger partial charge in [0, 0.05) is 21.3 Å². The number of fused-ring (bicyclic) bond motifs is 1. The monoisotopic (exact) mass is 343 g/mol. The summed E-state index contributed by atoms with van der Waals surface area (Å²) in [5.74, 6) is -0.349. The van der Waals surface area contributed by atoms with Gasteiger partial charge in [0.25, 0.3) is 0 Å². The van der Waals surface area contributed by atoms with Crippen molar-refractivity contribution in [1.29, 1.82) is 0 Å². The van der Waals surface area contributed by atoms with E-state index in [0.29, 0.717) is 10.7 Å². The van der Waals surface area contributed by atoms with Gasteiger partial charge in [-0.15, -0.1) is 0 Å². The van der Waals surface area contributed by atoms with Gasteiger partial charge in [0.05, 0.1) is 0 Å². The molecule has 0 aliphatic rings. The molecule has 0 radical (unpaired) electrons. The molecule has 0 saturated heterocycles. The number of aromatic nitrogens is 1. The van der Waals surface area contributed by atoms with Gasteiger partial charge in [0.1, 0.15) is 11.3 Å². The Bertz CT molecular complexity index is 607. The number of aromatic amines is 1. The summed E-state index contributed by atoms with van der Waals surface area (Å²) in [6.07, 6.45) is 0.755. The van der Waals surface area contributed by atoms with Crippen molar-refractivity contribution in [2.45, 2.75) is 25.9 Å². The topological polar surface area (TPSA) is 42.1 Å². The van der Waals surface area contributed by atoms with Crippen molar-refractivity contribution in [2.24, 2.45) is 0 Å². The molecule has 0 fully saturated rings. The number of rotatable bonds is 4. The van der Waals surface area contributed by atoms with Crippen LogP contribution in [0.15, 0.2) is 24.3 Å². The maximum absolute atomic E-state index is 12.1. The van der Waals surface area contributed by atoms with Crippen LogP contribution in [-0.2, 0) is 4.74 Å². The van der Waals surface area contributed by atoms with Gasteiger partial charge >= 0.3 is 5.97 Å². The summed E-state index contributed by atoms with van der Waals surface area (Å²) in [4.78, 5) is 15.1. The van der Waals surface area contributed by atoms with E-state index in [0.717, 1.165) is 22.7 Å². The van der Waals surface area contributed by atoms with Gasteiger partial charge in [-0.25, -0.2) is 4.79 Å². The minimum Gasteiger partial charge on any atom is -0.455 e.